The standard InChI is InChI=1S/C16H18BrNO2/c1-18-16(11-4-6-13(17)7-5-11)12-8-14(19-2)10-15(9-12)20-3/h4-10,16,18H,1-3H3. The highest BCUT2D eigenvalue weighted by Crippen LogP contribution is 2.30. The molecule has 4 heteroatoms. The van der Waals surface area contributed by atoms with Gasteiger partial charge in [-0.15, -0.1) is 0 Å². The summed E-state index contributed by atoms with van der Waals surface area (Å²) in [5, 5.41) is 3.33. The van der Waals surface area contributed by atoms with E-state index in [-0.39, 0.29) is 6.04 Å². The van der Waals surface area contributed by atoms with E-state index >= 15 is 0 Å². The van der Waals surface area contributed by atoms with Gasteiger partial charge in [0.25, 0.3) is 0 Å². The summed E-state index contributed by atoms with van der Waals surface area (Å²) in [6.45, 7) is 0. The Labute approximate surface area is 128 Å². The van der Waals surface area contributed by atoms with Gasteiger partial charge < -0.3 is 14.8 Å². The monoisotopic (exact) mass is 335 g/mol. The Bertz CT molecular complexity index is 547. The van der Waals surface area contributed by atoms with Gasteiger partial charge in [0.2, 0.25) is 0 Å². The van der Waals surface area contributed by atoms with Gasteiger partial charge >= 0.3 is 0 Å². The predicted molar refractivity (Wildman–Crippen MR) is 84.6 cm³/mol. The number of methoxy groups -OCH3 is 2. The Morgan fingerprint density at radius 2 is 1.45 bits per heavy atom. The fourth-order valence-corrected chi connectivity index (χ4v) is 2.44. The Morgan fingerprint density at radius 1 is 0.900 bits per heavy atom. The molecule has 0 aliphatic carbocycles. The van der Waals surface area contributed by atoms with Crippen LogP contribution in [0.25, 0.3) is 0 Å². The largest absolute Gasteiger partial charge is 0.497 e. The molecular weight excluding hydrogens is 318 g/mol. The quantitative estimate of drug-likeness (QED) is 0.902. The average Bonchev–Trinajstić information content (AvgIpc) is 2.49. The van der Waals surface area contributed by atoms with Crippen LogP contribution in [0.4, 0.5) is 0 Å². The summed E-state index contributed by atoms with van der Waals surface area (Å²) in [5.41, 5.74) is 2.29. The molecule has 0 radical (unpaired) electrons. The van der Waals surface area contributed by atoms with Gasteiger partial charge in [0.15, 0.2) is 0 Å². The van der Waals surface area contributed by atoms with E-state index in [0.29, 0.717) is 0 Å². The lowest BCUT2D eigenvalue weighted by Crippen LogP contribution is -2.17. The predicted octanol–water partition coefficient (Wildman–Crippen LogP) is 3.78. The van der Waals surface area contributed by atoms with E-state index < -0.39 is 0 Å². The van der Waals surface area contributed by atoms with E-state index in [9.17, 15) is 0 Å². The Morgan fingerprint density at radius 3 is 1.90 bits per heavy atom. The van der Waals surface area contributed by atoms with E-state index in [1.54, 1.807) is 14.2 Å². The fourth-order valence-electron chi connectivity index (χ4n) is 2.18. The van der Waals surface area contributed by atoms with Crippen LogP contribution in [0.1, 0.15) is 17.2 Å². The molecule has 0 saturated heterocycles. The van der Waals surface area contributed by atoms with Crippen molar-refractivity contribution in [3.63, 3.8) is 0 Å². The van der Waals surface area contributed by atoms with Gasteiger partial charge in [-0.05, 0) is 42.4 Å². The summed E-state index contributed by atoms with van der Waals surface area (Å²) in [6.07, 6.45) is 0. The van der Waals surface area contributed by atoms with Crippen LogP contribution in [0.3, 0.4) is 0 Å². The highest BCUT2D eigenvalue weighted by molar-refractivity contribution is 9.10. The normalized spacial score (nSPS) is 12.0. The third-order valence-electron chi connectivity index (χ3n) is 3.20. The molecule has 1 unspecified atom stereocenters. The van der Waals surface area contributed by atoms with Gasteiger partial charge in [0.05, 0.1) is 20.3 Å². The van der Waals surface area contributed by atoms with Crippen molar-refractivity contribution in [2.75, 3.05) is 21.3 Å². The third-order valence-corrected chi connectivity index (χ3v) is 3.73. The van der Waals surface area contributed by atoms with Gasteiger partial charge in [-0.3, -0.25) is 0 Å². The van der Waals surface area contributed by atoms with Crippen molar-refractivity contribution in [3.8, 4) is 11.5 Å². The second-order valence-corrected chi connectivity index (χ2v) is 5.33. The molecule has 1 N–H and O–H groups in total. The molecule has 20 heavy (non-hydrogen) atoms. The van der Waals surface area contributed by atoms with Crippen LogP contribution in [-0.4, -0.2) is 21.3 Å². The highest BCUT2D eigenvalue weighted by atomic mass is 79.9. The molecule has 3 nitrogen and oxygen atoms in total. The Hall–Kier alpha value is -1.52. The molecule has 2 rings (SSSR count). The van der Waals surface area contributed by atoms with Crippen LogP contribution in [0.5, 0.6) is 11.5 Å². The van der Waals surface area contributed by atoms with Gasteiger partial charge in [0.1, 0.15) is 11.5 Å². The number of hydrogen-bond acceptors (Lipinski definition) is 3. The van der Waals surface area contributed by atoms with Crippen molar-refractivity contribution in [2.45, 2.75) is 6.04 Å². The molecule has 0 fully saturated rings. The van der Waals surface area contributed by atoms with Gasteiger partial charge in [-0.25, -0.2) is 0 Å². The molecule has 0 heterocycles. The molecule has 2 aromatic carbocycles. The summed E-state index contributed by atoms with van der Waals surface area (Å²) >= 11 is 3.46. The summed E-state index contributed by atoms with van der Waals surface area (Å²) in [7, 11) is 5.26. The van der Waals surface area contributed by atoms with E-state index in [2.05, 4.69) is 33.4 Å². The van der Waals surface area contributed by atoms with Crippen molar-refractivity contribution < 1.29 is 9.47 Å². The van der Waals surface area contributed by atoms with Gasteiger partial charge in [0, 0.05) is 10.5 Å². The van der Waals surface area contributed by atoms with Gasteiger partial charge in [-0.1, -0.05) is 28.1 Å². The van der Waals surface area contributed by atoms with Crippen molar-refractivity contribution in [2.24, 2.45) is 0 Å². The van der Waals surface area contributed by atoms with Crippen LogP contribution in [0.15, 0.2) is 46.9 Å². The first kappa shape index (κ1) is 14.9. The first-order valence-corrected chi connectivity index (χ1v) is 7.13. The number of rotatable bonds is 5. The molecule has 0 amide bonds. The molecule has 0 aliphatic rings. The van der Waals surface area contributed by atoms with E-state index in [1.165, 1.54) is 5.56 Å². The lowest BCUT2D eigenvalue weighted by atomic mass is 9.98. The molecule has 1 atom stereocenters. The van der Waals surface area contributed by atoms with E-state index in [4.69, 9.17) is 9.47 Å². The van der Waals surface area contributed by atoms with Crippen LogP contribution in [-0.2, 0) is 0 Å². The van der Waals surface area contributed by atoms with Crippen LogP contribution < -0.4 is 14.8 Å². The first-order chi connectivity index (χ1) is 9.67. The zero-order chi connectivity index (χ0) is 14.5. The van der Waals surface area contributed by atoms with E-state index in [0.717, 1.165) is 21.5 Å². The highest BCUT2D eigenvalue weighted by Gasteiger charge is 2.14. The number of hydrogen-bond donors (Lipinski definition) is 1. The Balaban J connectivity index is 2.42. The van der Waals surface area contributed by atoms with E-state index in [1.807, 2.05) is 37.4 Å². The minimum absolute atomic E-state index is 0.0899. The second-order valence-electron chi connectivity index (χ2n) is 4.42. The zero-order valence-electron chi connectivity index (χ0n) is 11.8. The number of nitrogens with one attached hydrogen (secondary N) is 1. The topological polar surface area (TPSA) is 30.5 Å². The molecule has 2 aromatic rings. The average molecular weight is 336 g/mol. The molecule has 0 bridgehead atoms. The summed E-state index contributed by atoms with van der Waals surface area (Å²) in [6, 6.07) is 14.3. The lowest BCUT2D eigenvalue weighted by molar-refractivity contribution is 0.392. The molecule has 0 aromatic heterocycles. The minimum Gasteiger partial charge on any atom is -0.497 e. The summed E-state index contributed by atoms with van der Waals surface area (Å²) in [4.78, 5) is 0. The molecule has 0 saturated carbocycles. The smallest absolute Gasteiger partial charge is 0.122 e. The van der Waals surface area contributed by atoms with Crippen molar-refractivity contribution >= 4 is 15.9 Å². The lowest BCUT2D eigenvalue weighted by Gasteiger charge is -2.19. The third kappa shape index (κ3) is 3.32. The molecule has 106 valence electrons. The van der Waals surface area contributed by atoms with Crippen LogP contribution in [0.2, 0.25) is 0 Å². The summed E-state index contributed by atoms with van der Waals surface area (Å²) < 4.78 is 11.7. The second kappa shape index (κ2) is 6.77. The van der Waals surface area contributed by atoms with Crippen molar-refractivity contribution in [1.82, 2.24) is 5.32 Å². The molecule has 0 aliphatic heterocycles. The maximum absolute atomic E-state index is 5.33. The molecular formula is C16H18BrNO2. The maximum atomic E-state index is 5.33. The minimum atomic E-state index is 0.0899. The van der Waals surface area contributed by atoms with Crippen molar-refractivity contribution in [3.05, 3.63) is 58.1 Å². The summed E-state index contributed by atoms with van der Waals surface area (Å²) in [5.74, 6) is 1.58. The zero-order valence-corrected chi connectivity index (χ0v) is 13.4. The maximum Gasteiger partial charge on any atom is 0.122 e. The number of ether oxygens (including phenoxy) is 2. The molecule has 0 spiro atoms. The van der Waals surface area contributed by atoms with Gasteiger partial charge in [-0.2, -0.15) is 0 Å². The Kier molecular flexibility index (Phi) is 5.04. The van der Waals surface area contributed by atoms with Crippen LogP contribution in [0, 0.1) is 0 Å². The SMILES string of the molecule is CNC(c1ccc(Br)cc1)c1cc(OC)cc(OC)c1. The first-order valence-electron chi connectivity index (χ1n) is 6.33. The van der Waals surface area contributed by atoms with Crippen LogP contribution >= 0.6 is 15.9 Å². The van der Waals surface area contributed by atoms with Crippen molar-refractivity contribution in [1.29, 1.82) is 0 Å². The number of halogens is 1. The fraction of sp³-hybridized carbons (Fsp3) is 0.250. The number of benzene rings is 2.